The maximum absolute atomic E-state index is 10.9. The zero-order valence-corrected chi connectivity index (χ0v) is 18.6. The first-order valence-corrected chi connectivity index (χ1v) is 8.42. The molecule has 0 bridgehead atoms. The van der Waals surface area contributed by atoms with E-state index in [-0.39, 0.29) is 85.9 Å². The number of hydrogen-bond donors (Lipinski definition) is 0. The van der Waals surface area contributed by atoms with Crippen LogP contribution in [-0.2, 0) is 19.2 Å². The molecular weight excluding hydrogens is 414 g/mol. The van der Waals surface area contributed by atoms with E-state index in [1.54, 1.807) is 20.8 Å². The number of halogens is 1. The summed E-state index contributed by atoms with van der Waals surface area (Å²) in [6.07, 6.45) is 1.84. The summed E-state index contributed by atoms with van der Waals surface area (Å²) in [6, 6.07) is 0. The van der Waals surface area contributed by atoms with E-state index in [4.69, 9.17) is 0 Å². The monoisotopic (exact) mass is 436 g/mol. The van der Waals surface area contributed by atoms with Gasteiger partial charge in [-0.05, 0) is 25.7 Å². The normalized spacial score (nSPS) is 19.7. The Morgan fingerprint density at radius 1 is 0.857 bits per heavy atom. The van der Waals surface area contributed by atoms with Crippen LogP contribution in [0.4, 0.5) is 0 Å². The summed E-state index contributed by atoms with van der Waals surface area (Å²) >= 11 is 2.15. The van der Waals surface area contributed by atoms with Gasteiger partial charge in [0.25, 0.3) is 0 Å². The molecule has 7 heteroatoms. The third kappa shape index (κ3) is 7.89. The van der Waals surface area contributed by atoms with E-state index >= 15 is 0 Å². The molecular formula is C14H22IKO5. The molecule has 0 aromatic carbocycles. The van der Waals surface area contributed by atoms with Crippen LogP contribution in [0, 0.1) is 11.3 Å². The van der Waals surface area contributed by atoms with Crippen molar-refractivity contribution in [3.05, 3.63) is 0 Å². The average Bonchev–Trinajstić information content (AvgIpc) is 2.80. The molecule has 0 saturated heterocycles. The Bertz CT molecular complexity index is 359. The van der Waals surface area contributed by atoms with E-state index < -0.39 is 5.41 Å². The van der Waals surface area contributed by atoms with Crippen molar-refractivity contribution >= 4 is 45.7 Å². The molecule has 0 aromatic heterocycles. The molecule has 2 fully saturated rings. The summed E-state index contributed by atoms with van der Waals surface area (Å²) in [7, 11) is 0. The predicted octanol–water partition coefficient (Wildman–Crippen LogP) is -0.622. The van der Waals surface area contributed by atoms with Crippen molar-refractivity contribution < 1.29 is 76.0 Å². The summed E-state index contributed by atoms with van der Waals surface area (Å²) < 4.78 is 0. The Balaban J connectivity index is -0.000000255. The van der Waals surface area contributed by atoms with Gasteiger partial charge in [-0.25, -0.2) is 0 Å². The van der Waals surface area contributed by atoms with E-state index in [2.05, 4.69) is 22.6 Å². The summed E-state index contributed by atoms with van der Waals surface area (Å²) in [5.74, 6) is 0.0972. The van der Waals surface area contributed by atoms with Crippen LogP contribution in [0.3, 0.4) is 0 Å². The first kappa shape index (κ1) is 26.9. The van der Waals surface area contributed by atoms with Crippen LogP contribution in [0.2, 0.25) is 0 Å². The van der Waals surface area contributed by atoms with Crippen molar-refractivity contribution in [1.29, 1.82) is 0 Å². The summed E-state index contributed by atoms with van der Waals surface area (Å²) in [5, 5.41) is 0. The minimum Gasteiger partial charge on any atom is -0.870 e. The predicted molar refractivity (Wildman–Crippen MR) is 83.3 cm³/mol. The second kappa shape index (κ2) is 12.4. The number of alkyl halides is 1. The first-order valence-electron chi connectivity index (χ1n) is 6.26. The molecule has 2 rings (SSSR count). The van der Waals surface area contributed by atoms with Gasteiger partial charge in [0.15, 0.2) is 0 Å². The molecule has 116 valence electrons. The van der Waals surface area contributed by atoms with Crippen molar-refractivity contribution in [3.8, 4) is 0 Å². The van der Waals surface area contributed by atoms with Crippen molar-refractivity contribution in [1.82, 2.24) is 0 Å². The fourth-order valence-electron chi connectivity index (χ4n) is 1.87. The molecule has 0 atom stereocenters. The van der Waals surface area contributed by atoms with Gasteiger partial charge >= 0.3 is 51.4 Å². The smallest absolute Gasteiger partial charge is 0.870 e. The van der Waals surface area contributed by atoms with Crippen molar-refractivity contribution in [2.45, 2.75) is 46.5 Å². The van der Waals surface area contributed by atoms with Crippen molar-refractivity contribution in [2.75, 3.05) is 4.93 Å². The molecule has 2 saturated carbocycles. The second-order valence-corrected chi connectivity index (χ2v) is 5.13. The van der Waals surface area contributed by atoms with Crippen LogP contribution in [0.1, 0.15) is 46.5 Å². The molecule has 0 aliphatic heterocycles. The molecule has 0 heterocycles. The maximum atomic E-state index is 10.9. The van der Waals surface area contributed by atoms with Gasteiger partial charge in [0.2, 0.25) is 0 Å². The molecule has 21 heavy (non-hydrogen) atoms. The number of Topliss-reactive ketones (excluding diaryl/α,β-unsaturated/α-hetero) is 4. The minimum atomic E-state index is -0.667. The van der Waals surface area contributed by atoms with Crippen LogP contribution in [-0.4, -0.2) is 33.5 Å². The number of hydrogen-bond acceptors (Lipinski definition) is 5. The van der Waals surface area contributed by atoms with Gasteiger partial charge in [-0.15, -0.1) is 0 Å². The Kier molecular flexibility index (Phi) is 15.9. The van der Waals surface area contributed by atoms with Crippen LogP contribution < -0.4 is 51.4 Å². The Morgan fingerprint density at radius 3 is 1.24 bits per heavy atom. The van der Waals surface area contributed by atoms with Crippen LogP contribution in [0.5, 0.6) is 0 Å². The topological polar surface area (TPSA) is 98.3 Å². The molecule has 0 amide bonds. The fraction of sp³-hybridized carbons (Fsp3) is 0.714. The Morgan fingerprint density at radius 2 is 1.14 bits per heavy atom. The maximum Gasteiger partial charge on any atom is 1.00 e. The third-order valence-electron chi connectivity index (χ3n) is 3.56. The van der Waals surface area contributed by atoms with Gasteiger partial charge < -0.3 is 5.48 Å². The van der Waals surface area contributed by atoms with Crippen LogP contribution in [0.25, 0.3) is 0 Å². The van der Waals surface area contributed by atoms with E-state index in [1.165, 1.54) is 0 Å². The molecule has 0 spiro atoms. The van der Waals surface area contributed by atoms with Gasteiger partial charge in [0.05, 0.1) is 11.3 Å². The summed E-state index contributed by atoms with van der Waals surface area (Å²) in [6.45, 7) is 5.08. The summed E-state index contributed by atoms with van der Waals surface area (Å²) in [5.41, 5.74) is -0.667. The number of ketones is 4. The molecule has 0 radical (unpaired) electrons. The van der Waals surface area contributed by atoms with Gasteiger partial charge in [-0.2, -0.15) is 0 Å². The number of rotatable bonds is 0. The largest absolute Gasteiger partial charge is 1.00 e. The molecule has 1 N–H and O–H groups in total. The van der Waals surface area contributed by atoms with Gasteiger partial charge in [-0.1, -0.05) is 22.6 Å². The molecule has 2 aliphatic rings. The van der Waals surface area contributed by atoms with E-state index in [1.807, 2.05) is 4.93 Å². The summed E-state index contributed by atoms with van der Waals surface area (Å²) in [4.78, 5) is 44.9. The minimum absolute atomic E-state index is 0. The zero-order chi connectivity index (χ0) is 15.2. The standard InChI is InChI=1S/C7H10O2.C6H8O2.CH3I.K.H2O/c1-7(2)5(8)3-4-6(7)9;1-4-5(7)2-3-6(4)8;1-2;;/h3-4H2,1-2H3;4H,2-3H2,1H3;1H3;;1H2/q;;;+1;/p-1. The number of carbonyl (C=O) groups excluding carboxylic acids is 4. The van der Waals surface area contributed by atoms with Gasteiger partial charge in [-0.3, -0.25) is 19.2 Å². The van der Waals surface area contributed by atoms with Crippen LogP contribution >= 0.6 is 22.6 Å². The van der Waals surface area contributed by atoms with Crippen LogP contribution in [0.15, 0.2) is 0 Å². The average molecular weight is 436 g/mol. The van der Waals surface area contributed by atoms with Crippen molar-refractivity contribution in [2.24, 2.45) is 11.3 Å². The van der Waals surface area contributed by atoms with Gasteiger partial charge in [0.1, 0.15) is 23.1 Å². The number of carbonyl (C=O) groups is 4. The van der Waals surface area contributed by atoms with Gasteiger partial charge in [0, 0.05) is 25.7 Å². The Hall–Kier alpha value is 1.01. The van der Waals surface area contributed by atoms with E-state index in [9.17, 15) is 19.2 Å². The zero-order valence-electron chi connectivity index (χ0n) is 13.4. The molecule has 0 aromatic rings. The quantitative estimate of drug-likeness (QED) is 0.218. The van der Waals surface area contributed by atoms with E-state index in [0.717, 1.165) is 0 Å². The first-order chi connectivity index (χ1) is 8.76. The Labute approximate surface area is 182 Å². The molecule has 2 aliphatic carbocycles. The molecule has 0 unspecified atom stereocenters. The van der Waals surface area contributed by atoms with E-state index in [0.29, 0.717) is 25.7 Å². The SMILES string of the molecule is CC1(C)C(=O)CCC1=O.CC1C(=O)CCC1=O.CI.[K+].[OH-]. The molecule has 5 nitrogen and oxygen atoms in total. The fourth-order valence-corrected chi connectivity index (χ4v) is 1.87. The third-order valence-corrected chi connectivity index (χ3v) is 3.56. The van der Waals surface area contributed by atoms with Crippen molar-refractivity contribution in [3.63, 3.8) is 0 Å². The second-order valence-electron chi connectivity index (χ2n) is 5.13.